The molecule has 28 heavy (non-hydrogen) atoms. The van der Waals surface area contributed by atoms with Gasteiger partial charge in [0.2, 0.25) is 0 Å². The first-order valence-corrected chi connectivity index (χ1v) is 10.1. The summed E-state index contributed by atoms with van der Waals surface area (Å²) < 4.78 is 0. The van der Waals surface area contributed by atoms with Crippen molar-refractivity contribution >= 4 is 22.2 Å². The second-order valence-corrected chi connectivity index (χ2v) is 8.12. The number of anilines is 1. The van der Waals surface area contributed by atoms with Gasteiger partial charge < -0.3 is 10.2 Å². The molecule has 0 aliphatic heterocycles. The van der Waals surface area contributed by atoms with Gasteiger partial charge >= 0.3 is 0 Å². The zero-order valence-corrected chi connectivity index (χ0v) is 17.0. The summed E-state index contributed by atoms with van der Waals surface area (Å²) >= 11 is 1.47. The lowest BCUT2D eigenvalue weighted by Crippen LogP contribution is -3.10. The number of nitriles is 1. The van der Waals surface area contributed by atoms with Crippen molar-refractivity contribution < 1.29 is 9.69 Å². The maximum atomic E-state index is 12.8. The van der Waals surface area contributed by atoms with Crippen molar-refractivity contribution in [2.45, 2.75) is 26.9 Å². The Morgan fingerprint density at radius 1 is 1.00 bits per heavy atom. The van der Waals surface area contributed by atoms with Crippen LogP contribution in [-0.2, 0) is 17.9 Å². The molecule has 2 aromatic carbocycles. The number of benzene rings is 2. The highest BCUT2D eigenvalue weighted by molar-refractivity contribution is 7.16. The number of thiophene rings is 1. The molecular formula is C23H24N3OS+. The van der Waals surface area contributed by atoms with Gasteiger partial charge in [0.1, 0.15) is 24.2 Å². The molecule has 0 aliphatic carbocycles. The van der Waals surface area contributed by atoms with Crippen LogP contribution >= 0.6 is 11.3 Å². The Bertz CT molecular complexity index is 933. The lowest BCUT2D eigenvalue weighted by molar-refractivity contribution is -0.919. The van der Waals surface area contributed by atoms with Gasteiger partial charge in [-0.25, -0.2) is 0 Å². The molecule has 0 radical (unpaired) electrons. The third kappa shape index (κ3) is 5.07. The van der Waals surface area contributed by atoms with E-state index in [1.165, 1.54) is 22.5 Å². The largest absolute Gasteiger partial charge is 0.320 e. The lowest BCUT2D eigenvalue weighted by Gasteiger charge is -2.19. The summed E-state index contributed by atoms with van der Waals surface area (Å²) in [5.41, 5.74) is 3.91. The smallest absolute Gasteiger partial charge is 0.280 e. The Labute approximate surface area is 170 Å². The average molecular weight is 391 g/mol. The number of carbonyl (C=O) groups is 1. The van der Waals surface area contributed by atoms with Gasteiger partial charge in [-0.15, -0.1) is 11.3 Å². The van der Waals surface area contributed by atoms with Crippen LogP contribution in [0.1, 0.15) is 27.1 Å². The quantitative estimate of drug-likeness (QED) is 0.649. The molecule has 2 N–H and O–H groups in total. The fourth-order valence-corrected chi connectivity index (χ4v) is 4.23. The standard InChI is InChI=1S/C23H23N3OS/c1-17-18(2)28-23(21(17)13-24)25-22(27)16-26(14-19-9-5-3-6-10-19)15-20-11-7-4-8-12-20/h3-12H,14-16H2,1-2H3,(H,25,27)/p+1. The Morgan fingerprint density at radius 3 is 2.04 bits per heavy atom. The molecule has 0 bridgehead atoms. The van der Waals surface area contributed by atoms with Gasteiger partial charge in [-0.2, -0.15) is 5.26 Å². The Hall–Kier alpha value is -2.94. The number of quaternary nitrogens is 1. The third-order valence-electron chi connectivity index (χ3n) is 4.75. The number of nitrogens with one attached hydrogen (secondary N) is 2. The molecule has 0 aliphatic rings. The fourth-order valence-electron chi connectivity index (χ4n) is 3.20. The number of hydrogen-bond donors (Lipinski definition) is 2. The van der Waals surface area contributed by atoms with E-state index in [0.717, 1.165) is 28.4 Å². The van der Waals surface area contributed by atoms with E-state index in [0.29, 0.717) is 17.1 Å². The van der Waals surface area contributed by atoms with E-state index >= 15 is 0 Å². The maximum absolute atomic E-state index is 12.8. The molecule has 1 aromatic heterocycles. The van der Waals surface area contributed by atoms with E-state index in [2.05, 4.69) is 35.7 Å². The van der Waals surface area contributed by atoms with Gasteiger partial charge in [0.15, 0.2) is 6.54 Å². The first-order valence-electron chi connectivity index (χ1n) is 9.28. The highest BCUT2D eigenvalue weighted by Gasteiger charge is 2.19. The van der Waals surface area contributed by atoms with E-state index < -0.39 is 0 Å². The molecule has 0 unspecified atom stereocenters. The van der Waals surface area contributed by atoms with Crippen molar-refractivity contribution in [2.75, 3.05) is 11.9 Å². The van der Waals surface area contributed by atoms with Gasteiger partial charge in [-0.1, -0.05) is 60.7 Å². The summed E-state index contributed by atoms with van der Waals surface area (Å²) in [5.74, 6) is -0.0698. The van der Waals surface area contributed by atoms with Gasteiger partial charge in [0, 0.05) is 16.0 Å². The Morgan fingerprint density at radius 2 is 1.54 bits per heavy atom. The Balaban J connectivity index is 1.74. The maximum Gasteiger partial charge on any atom is 0.280 e. The molecule has 1 amide bonds. The van der Waals surface area contributed by atoms with Crippen LogP contribution in [0.3, 0.4) is 0 Å². The molecule has 1 heterocycles. The minimum absolute atomic E-state index is 0.0698. The molecule has 142 valence electrons. The van der Waals surface area contributed by atoms with Crippen LogP contribution in [-0.4, -0.2) is 12.5 Å². The number of carbonyl (C=O) groups excluding carboxylic acids is 1. The van der Waals surface area contributed by atoms with Crippen molar-refractivity contribution in [2.24, 2.45) is 0 Å². The van der Waals surface area contributed by atoms with Gasteiger partial charge in [0.05, 0.1) is 5.56 Å². The van der Waals surface area contributed by atoms with E-state index in [4.69, 9.17) is 0 Å². The van der Waals surface area contributed by atoms with Gasteiger partial charge in [-0.3, -0.25) is 4.79 Å². The SMILES string of the molecule is Cc1sc(NC(=O)C[NH+](Cc2ccccc2)Cc2ccccc2)c(C#N)c1C. The molecule has 4 nitrogen and oxygen atoms in total. The van der Waals surface area contributed by atoms with Crippen molar-refractivity contribution in [1.29, 1.82) is 5.26 Å². The lowest BCUT2D eigenvalue weighted by atomic mass is 10.1. The van der Waals surface area contributed by atoms with Crippen LogP contribution in [0.15, 0.2) is 60.7 Å². The Kier molecular flexibility index (Phi) is 6.59. The second kappa shape index (κ2) is 9.32. The number of hydrogen-bond acceptors (Lipinski definition) is 3. The predicted molar refractivity (Wildman–Crippen MR) is 113 cm³/mol. The summed E-state index contributed by atoms with van der Waals surface area (Å²) in [6.07, 6.45) is 0. The molecule has 5 heteroatoms. The van der Waals surface area contributed by atoms with Crippen molar-refractivity contribution in [3.05, 3.63) is 87.8 Å². The van der Waals surface area contributed by atoms with Gasteiger partial charge in [-0.05, 0) is 19.4 Å². The van der Waals surface area contributed by atoms with Crippen LogP contribution in [0, 0.1) is 25.2 Å². The third-order valence-corrected chi connectivity index (χ3v) is 5.88. The minimum Gasteiger partial charge on any atom is -0.320 e. The first-order chi connectivity index (χ1) is 13.6. The van der Waals surface area contributed by atoms with Gasteiger partial charge in [0.25, 0.3) is 5.91 Å². The topological polar surface area (TPSA) is 57.3 Å². The highest BCUT2D eigenvalue weighted by Crippen LogP contribution is 2.31. The molecule has 3 rings (SSSR count). The van der Waals surface area contributed by atoms with Crippen molar-refractivity contribution in [1.82, 2.24) is 0 Å². The number of nitrogens with zero attached hydrogens (tertiary/aromatic N) is 1. The summed E-state index contributed by atoms with van der Waals surface area (Å²) in [5, 5.41) is 13.0. The average Bonchev–Trinajstić information content (AvgIpc) is 2.96. The summed E-state index contributed by atoms with van der Waals surface area (Å²) in [6, 6.07) is 22.6. The van der Waals surface area contributed by atoms with E-state index in [9.17, 15) is 10.1 Å². The highest BCUT2D eigenvalue weighted by atomic mass is 32.1. The zero-order valence-electron chi connectivity index (χ0n) is 16.2. The number of rotatable bonds is 7. The van der Waals surface area contributed by atoms with Crippen LogP contribution in [0.25, 0.3) is 0 Å². The van der Waals surface area contributed by atoms with Crippen LogP contribution in [0.2, 0.25) is 0 Å². The molecule has 0 atom stereocenters. The first kappa shape index (κ1) is 19.8. The van der Waals surface area contributed by atoms with E-state index in [1.807, 2.05) is 50.2 Å². The number of aryl methyl sites for hydroxylation is 1. The predicted octanol–water partition coefficient (Wildman–Crippen LogP) is 3.46. The van der Waals surface area contributed by atoms with Crippen LogP contribution < -0.4 is 10.2 Å². The molecule has 0 saturated heterocycles. The van der Waals surface area contributed by atoms with E-state index in [1.54, 1.807) is 0 Å². The fraction of sp³-hybridized carbons (Fsp3) is 0.217. The molecule has 0 spiro atoms. The van der Waals surface area contributed by atoms with Crippen LogP contribution in [0.4, 0.5) is 5.00 Å². The van der Waals surface area contributed by atoms with Crippen molar-refractivity contribution in [3.8, 4) is 6.07 Å². The zero-order chi connectivity index (χ0) is 19.9. The van der Waals surface area contributed by atoms with E-state index in [-0.39, 0.29) is 5.91 Å². The monoisotopic (exact) mass is 390 g/mol. The number of amides is 1. The molecule has 0 fully saturated rings. The molecule has 3 aromatic rings. The second-order valence-electron chi connectivity index (χ2n) is 6.90. The normalized spacial score (nSPS) is 10.6. The molecular weight excluding hydrogens is 366 g/mol. The summed E-state index contributed by atoms with van der Waals surface area (Å²) in [6.45, 7) is 5.75. The molecule has 0 saturated carbocycles. The van der Waals surface area contributed by atoms with Crippen molar-refractivity contribution in [3.63, 3.8) is 0 Å². The summed E-state index contributed by atoms with van der Waals surface area (Å²) in [7, 11) is 0. The van der Waals surface area contributed by atoms with Crippen LogP contribution in [0.5, 0.6) is 0 Å². The summed E-state index contributed by atoms with van der Waals surface area (Å²) in [4.78, 5) is 15.0. The minimum atomic E-state index is -0.0698.